The molecule has 2 nitrogen and oxygen atoms in total. The van der Waals surface area contributed by atoms with Crippen LogP contribution in [0, 0.1) is 5.92 Å². The van der Waals surface area contributed by atoms with Crippen LogP contribution in [0.2, 0.25) is 0 Å². The van der Waals surface area contributed by atoms with E-state index in [1.54, 1.807) is 0 Å². The Hall–Kier alpha value is -0.290. The van der Waals surface area contributed by atoms with Crippen LogP contribution < -0.4 is 11.1 Å². The molecule has 0 spiro atoms. The largest absolute Gasteiger partial charge is 0.390 e. The van der Waals surface area contributed by atoms with E-state index in [2.05, 4.69) is 5.32 Å². The van der Waals surface area contributed by atoms with Gasteiger partial charge in [-0.1, -0.05) is 13.3 Å². The van der Waals surface area contributed by atoms with Gasteiger partial charge in [-0.25, -0.2) is 0 Å². The highest BCUT2D eigenvalue weighted by Gasteiger charge is 2.25. The standard InChI is InChI=1S/C9H19F3N2/c1-2-3-8(6-13)7-14-5-4-9(10,11)12/h8,14H,2-7,13H2,1H3. The molecule has 5 heteroatoms. The van der Waals surface area contributed by atoms with Crippen LogP contribution in [0.5, 0.6) is 0 Å². The number of alkyl halides is 3. The van der Waals surface area contributed by atoms with Crippen molar-refractivity contribution in [2.45, 2.75) is 32.4 Å². The number of hydrogen-bond acceptors (Lipinski definition) is 2. The lowest BCUT2D eigenvalue weighted by molar-refractivity contribution is -0.133. The van der Waals surface area contributed by atoms with E-state index >= 15 is 0 Å². The summed E-state index contributed by atoms with van der Waals surface area (Å²) in [5, 5.41) is 2.78. The van der Waals surface area contributed by atoms with Gasteiger partial charge in [0.25, 0.3) is 0 Å². The molecule has 3 N–H and O–H groups in total. The van der Waals surface area contributed by atoms with Gasteiger partial charge in [-0.3, -0.25) is 0 Å². The summed E-state index contributed by atoms with van der Waals surface area (Å²) in [5.74, 6) is 0.299. The molecule has 0 saturated heterocycles. The average molecular weight is 212 g/mol. The molecular weight excluding hydrogens is 193 g/mol. The summed E-state index contributed by atoms with van der Waals surface area (Å²) in [7, 11) is 0. The molecule has 1 unspecified atom stereocenters. The van der Waals surface area contributed by atoms with Crippen molar-refractivity contribution in [3.8, 4) is 0 Å². The third kappa shape index (κ3) is 8.31. The molecule has 14 heavy (non-hydrogen) atoms. The van der Waals surface area contributed by atoms with Crippen LogP contribution in [0.3, 0.4) is 0 Å². The number of hydrogen-bond donors (Lipinski definition) is 2. The SMILES string of the molecule is CCCC(CN)CNCCC(F)(F)F. The molecule has 0 aliphatic heterocycles. The van der Waals surface area contributed by atoms with E-state index in [1.807, 2.05) is 6.92 Å². The van der Waals surface area contributed by atoms with E-state index < -0.39 is 12.6 Å². The first-order valence-electron chi connectivity index (χ1n) is 4.97. The summed E-state index contributed by atoms with van der Waals surface area (Å²) in [6.45, 7) is 3.15. The van der Waals surface area contributed by atoms with Gasteiger partial charge in [0, 0.05) is 6.54 Å². The first kappa shape index (κ1) is 13.7. The van der Waals surface area contributed by atoms with Gasteiger partial charge in [0.05, 0.1) is 6.42 Å². The quantitative estimate of drug-likeness (QED) is 0.632. The zero-order chi connectivity index (χ0) is 11.0. The number of nitrogens with two attached hydrogens (primary N) is 1. The summed E-state index contributed by atoms with van der Waals surface area (Å²) in [6, 6.07) is 0. The summed E-state index contributed by atoms with van der Waals surface area (Å²) in [5.41, 5.74) is 5.46. The Balaban J connectivity index is 3.42. The fourth-order valence-electron chi connectivity index (χ4n) is 1.25. The van der Waals surface area contributed by atoms with E-state index in [1.165, 1.54) is 0 Å². The van der Waals surface area contributed by atoms with Gasteiger partial charge in [-0.2, -0.15) is 13.2 Å². The summed E-state index contributed by atoms with van der Waals surface area (Å²) in [4.78, 5) is 0. The molecule has 0 saturated carbocycles. The smallest absolute Gasteiger partial charge is 0.330 e. The molecule has 0 aromatic carbocycles. The molecule has 0 aromatic rings. The Labute approximate surface area is 83.0 Å². The van der Waals surface area contributed by atoms with Crippen LogP contribution in [-0.4, -0.2) is 25.8 Å². The maximum Gasteiger partial charge on any atom is 0.390 e. The highest BCUT2D eigenvalue weighted by atomic mass is 19.4. The molecule has 0 radical (unpaired) electrons. The lowest BCUT2D eigenvalue weighted by Gasteiger charge is -2.14. The van der Waals surface area contributed by atoms with Crippen LogP contribution in [0.4, 0.5) is 13.2 Å². The van der Waals surface area contributed by atoms with Gasteiger partial charge in [0.2, 0.25) is 0 Å². The Kier molecular flexibility index (Phi) is 6.92. The second kappa shape index (κ2) is 7.06. The molecule has 0 amide bonds. The maximum absolute atomic E-state index is 11.7. The van der Waals surface area contributed by atoms with E-state index in [0.29, 0.717) is 19.0 Å². The highest BCUT2D eigenvalue weighted by molar-refractivity contribution is 4.63. The van der Waals surface area contributed by atoms with Crippen molar-refractivity contribution in [2.24, 2.45) is 11.7 Å². The molecule has 0 bridgehead atoms. The summed E-state index contributed by atoms with van der Waals surface area (Å²) < 4.78 is 35.2. The van der Waals surface area contributed by atoms with E-state index in [4.69, 9.17) is 5.73 Å². The Morgan fingerprint density at radius 3 is 2.43 bits per heavy atom. The lowest BCUT2D eigenvalue weighted by atomic mass is 10.0. The van der Waals surface area contributed by atoms with Crippen molar-refractivity contribution in [1.29, 1.82) is 0 Å². The fraction of sp³-hybridized carbons (Fsp3) is 1.00. The zero-order valence-electron chi connectivity index (χ0n) is 8.53. The van der Waals surface area contributed by atoms with Crippen molar-refractivity contribution in [1.82, 2.24) is 5.32 Å². The topological polar surface area (TPSA) is 38.0 Å². The van der Waals surface area contributed by atoms with Gasteiger partial charge < -0.3 is 11.1 Å². The zero-order valence-corrected chi connectivity index (χ0v) is 8.53. The predicted molar refractivity (Wildman–Crippen MR) is 51.0 cm³/mol. The number of rotatable bonds is 7. The monoisotopic (exact) mass is 212 g/mol. The van der Waals surface area contributed by atoms with E-state index in [-0.39, 0.29) is 6.54 Å². The predicted octanol–water partition coefficient (Wildman–Crippen LogP) is 1.90. The molecule has 0 fully saturated rings. The molecule has 0 heterocycles. The molecule has 0 aliphatic rings. The van der Waals surface area contributed by atoms with E-state index in [0.717, 1.165) is 12.8 Å². The minimum atomic E-state index is -4.06. The Bertz CT molecular complexity index is 137. The van der Waals surface area contributed by atoms with Crippen LogP contribution >= 0.6 is 0 Å². The average Bonchev–Trinajstić information content (AvgIpc) is 2.08. The molecule has 0 aliphatic carbocycles. The summed E-state index contributed by atoms with van der Waals surface area (Å²) >= 11 is 0. The minimum absolute atomic E-state index is 0.0102. The summed E-state index contributed by atoms with van der Waals surface area (Å²) in [6.07, 6.45) is -2.84. The van der Waals surface area contributed by atoms with Crippen molar-refractivity contribution in [3.63, 3.8) is 0 Å². The fourth-order valence-corrected chi connectivity index (χ4v) is 1.25. The maximum atomic E-state index is 11.7. The van der Waals surface area contributed by atoms with Gasteiger partial charge >= 0.3 is 6.18 Å². The first-order valence-corrected chi connectivity index (χ1v) is 4.97. The van der Waals surface area contributed by atoms with E-state index in [9.17, 15) is 13.2 Å². The van der Waals surface area contributed by atoms with Crippen LogP contribution in [0.1, 0.15) is 26.2 Å². The van der Waals surface area contributed by atoms with Crippen LogP contribution in [0.25, 0.3) is 0 Å². The second-order valence-corrected chi connectivity index (χ2v) is 3.46. The van der Waals surface area contributed by atoms with Crippen LogP contribution in [0.15, 0.2) is 0 Å². The molecule has 0 aromatic heterocycles. The lowest BCUT2D eigenvalue weighted by Crippen LogP contribution is -2.30. The third-order valence-electron chi connectivity index (χ3n) is 2.05. The highest BCUT2D eigenvalue weighted by Crippen LogP contribution is 2.18. The Morgan fingerprint density at radius 2 is 2.00 bits per heavy atom. The number of halogens is 3. The third-order valence-corrected chi connectivity index (χ3v) is 2.05. The molecule has 1 atom stereocenters. The first-order chi connectivity index (χ1) is 6.49. The molecule has 86 valence electrons. The van der Waals surface area contributed by atoms with Gasteiger partial charge in [0.1, 0.15) is 0 Å². The van der Waals surface area contributed by atoms with Crippen molar-refractivity contribution >= 4 is 0 Å². The molecular formula is C9H19F3N2. The van der Waals surface area contributed by atoms with Gasteiger partial charge in [-0.05, 0) is 25.4 Å². The second-order valence-electron chi connectivity index (χ2n) is 3.46. The van der Waals surface area contributed by atoms with Crippen LogP contribution in [-0.2, 0) is 0 Å². The Morgan fingerprint density at radius 1 is 1.36 bits per heavy atom. The minimum Gasteiger partial charge on any atom is -0.330 e. The van der Waals surface area contributed by atoms with Crippen molar-refractivity contribution < 1.29 is 13.2 Å². The van der Waals surface area contributed by atoms with Gasteiger partial charge in [-0.15, -0.1) is 0 Å². The van der Waals surface area contributed by atoms with Crippen molar-refractivity contribution in [3.05, 3.63) is 0 Å². The normalized spacial score (nSPS) is 14.4. The van der Waals surface area contributed by atoms with Crippen molar-refractivity contribution in [2.75, 3.05) is 19.6 Å². The number of nitrogens with one attached hydrogen (secondary N) is 1. The molecule has 0 rings (SSSR count). The van der Waals surface area contributed by atoms with Gasteiger partial charge in [0.15, 0.2) is 0 Å².